The van der Waals surface area contributed by atoms with Crippen LogP contribution in [-0.2, 0) is 4.79 Å². The number of anilines is 1. The molecule has 2 N–H and O–H groups in total. The molecule has 19 heavy (non-hydrogen) atoms. The molecule has 0 saturated heterocycles. The Balaban J connectivity index is 2.33. The highest BCUT2D eigenvalue weighted by molar-refractivity contribution is 9.10. The smallest absolute Gasteiger partial charge is 0.238 e. The maximum Gasteiger partial charge on any atom is 0.238 e. The third-order valence-corrected chi connectivity index (χ3v) is 3.82. The van der Waals surface area contributed by atoms with Gasteiger partial charge in [-0.25, -0.2) is 0 Å². The summed E-state index contributed by atoms with van der Waals surface area (Å²) in [6, 6.07) is 7.59. The first kappa shape index (κ1) is 16.2. The predicted octanol–water partition coefficient (Wildman–Crippen LogP) is 3.66. The Hall–Kier alpha value is -0.870. The molecule has 1 unspecified atom stereocenters. The molecule has 0 radical (unpaired) electrons. The summed E-state index contributed by atoms with van der Waals surface area (Å²) in [5.74, 6) is 0.505. The summed E-state index contributed by atoms with van der Waals surface area (Å²) in [5, 5.41) is 6.07. The second-order valence-corrected chi connectivity index (χ2v) is 6.87. The minimum atomic E-state index is -0.0146. The van der Waals surface area contributed by atoms with Gasteiger partial charge in [0.15, 0.2) is 0 Å². The van der Waals surface area contributed by atoms with Crippen molar-refractivity contribution in [1.82, 2.24) is 5.32 Å². The molecule has 0 aromatic heterocycles. The molecule has 1 aromatic carbocycles. The van der Waals surface area contributed by atoms with E-state index in [1.54, 1.807) is 0 Å². The summed E-state index contributed by atoms with van der Waals surface area (Å²) < 4.78 is 0.958. The highest BCUT2D eigenvalue weighted by Gasteiger charge is 2.19. The number of benzene rings is 1. The van der Waals surface area contributed by atoms with Gasteiger partial charge in [-0.05, 0) is 36.1 Å². The van der Waals surface area contributed by atoms with Gasteiger partial charge in [0.1, 0.15) is 0 Å². The molecular formula is C15H23BrN2O. The molecule has 106 valence electrons. The maximum atomic E-state index is 11.8. The molecule has 0 spiro atoms. The van der Waals surface area contributed by atoms with Crippen molar-refractivity contribution in [1.29, 1.82) is 0 Å². The predicted molar refractivity (Wildman–Crippen MR) is 84.3 cm³/mol. The van der Waals surface area contributed by atoms with Crippen LogP contribution in [0.4, 0.5) is 5.69 Å². The number of halogens is 1. The van der Waals surface area contributed by atoms with Crippen LogP contribution in [0.15, 0.2) is 28.7 Å². The molecule has 3 nitrogen and oxygen atoms in total. The average Bonchev–Trinajstić information content (AvgIpc) is 2.27. The van der Waals surface area contributed by atoms with Crippen LogP contribution in [0.25, 0.3) is 0 Å². The molecule has 0 aliphatic heterocycles. The number of hydrogen-bond donors (Lipinski definition) is 2. The van der Waals surface area contributed by atoms with Crippen LogP contribution in [0.3, 0.4) is 0 Å². The van der Waals surface area contributed by atoms with Gasteiger partial charge < -0.3 is 10.6 Å². The molecule has 0 aliphatic rings. The summed E-state index contributed by atoms with van der Waals surface area (Å²) in [5.41, 5.74) is 1.07. The molecule has 4 heteroatoms. The minimum Gasteiger partial charge on any atom is -0.325 e. The van der Waals surface area contributed by atoms with Crippen LogP contribution in [0.5, 0.6) is 0 Å². The van der Waals surface area contributed by atoms with Crippen LogP contribution < -0.4 is 10.6 Å². The van der Waals surface area contributed by atoms with Gasteiger partial charge >= 0.3 is 0 Å². The van der Waals surface area contributed by atoms with E-state index in [0.29, 0.717) is 12.5 Å². The lowest BCUT2D eigenvalue weighted by molar-refractivity contribution is -0.115. The van der Waals surface area contributed by atoms with Crippen LogP contribution in [0.2, 0.25) is 0 Å². The van der Waals surface area contributed by atoms with E-state index in [2.05, 4.69) is 54.3 Å². The Morgan fingerprint density at radius 3 is 2.63 bits per heavy atom. The van der Waals surface area contributed by atoms with Gasteiger partial charge in [-0.1, -0.05) is 49.7 Å². The first-order chi connectivity index (χ1) is 8.79. The topological polar surface area (TPSA) is 41.1 Å². The van der Waals surface area contributed by atoms with Crippen molar-refractivity contribution >= 4 is 27.5 Å². The summed E-state index contributed by atoms with van der Waals surface area (Å²) in [7, 11) is 0. The standard InChI is InChI=1S/C15H23BrN2O/c1-11(15(2,3)4)9-17-10-14(19)18-13-7-5-6-12(16)8-13/h5-8,11,17H,9-10H2,1-4H3,(H,18,19). The second kappa shape index (κ2) is 7.06. The van der Waals surface area contributed by atoms with Gasteiger partial charge in [-0.2, -0.15) is 0 Å². The van der Waals surface area contributed by atoms with Crippen molar-refractivity contribution in [2.45, 2.75) is 27.7 Å². The van der Waals surface area contributed by atoms with Gasteiger partial charge in [0.25, 0.3) is 0 Å². The number of rotatable bonds is 5. The van der Waals surface area contributed by atoms with E-state index in [0.717, 1.165) is 16.7 Å². The van der Waals surface area contributed by atoms with E-state index in [-0.39, 0.29) is 11.3 Å². The Kier molecular flexibility index (Phi) is 6.01. The van der Waals surface area contributed by atoms with E-state index < -0.39 is 0 Å². The molecule has 1 atom stereocenters. The summed E-state index contributed by atoms with van der Waals surface area (Å²) >= 11 is 3.38. The third kappa shape index (κ3) is 6.21. The van der Waals surface area contributed by atoms with Crippen molar-refractivity contribution in [2.75, 3.05) is 18.4 Å². The zero-order valence-electron chi connectivity index (χ0n) is 12.1. The first-order valence-corrected chi connectivity index (χ1v) is 7.34. The molecule has 1 rings (SSSR count). The molecule has 0 fully saturated rings. The number of carbonyl (C=O) groups is 1. The molecule has 0 aliphatic carbocycles. The summed E-state index contributed by atoms with van der Waals surface area (Å²) in [4.78, 5) is 11.8. The Morgan fingerprint density at radius 1 is 1.37 bits per heavy atom. The number of carbonyl (C=O) groups excluding carboxylic acids is 1. The lowest BCUT2D eigenvalue weighted by atomic mass is 9.82. The molecule has 1 aromatic rings. The molecule has 0 saturated carbocycles. The fourth-order valence-corrected chi connectivity index (χ4v) is 1.88. The molecule has 0 bridgehead atoms. The Morgan fingerprint density at radius 2 is 2.05 bits per heavy atom. The summed E-state index contributed by atoms with van der Waals surface area (Å²) in [6.07, 6.45) is 0. The monoisotopic (exact) mass is 326 g/mol. The normalized spacial score (nSPS) is 13.1. The van der Waals surface area contributed by atoms with Crippen molar-refractivity contribution in [3.8, 4) is 0 Å². The van der Waals surface area contributed by atoms with Gasteiger partial charge in [0, 0.05) is 10.2 Å². The van der Waals surface area contributed by atoms with Gasteiger partial charge in [0.05, 0.1) is 6.54 Å². The minimum absolute atomic E-state index is 0.0146. The quantitative estimate of drug-likeness (QED) is 0.866. The van der Waals surface area contributed by atoms with Gasteiger partial charge in [-0.15, -0.1) is 0 Å². The van der Waals surface area contributed by atoms with Crippen LogP contribution in [-0.4, -0.2) is 19.0 Å². The number of amides is 1. The fourth-order valence-electron chi connectivity index (χ4n) is 1.48. The van der Waals surface area contributed by atoms with Crippen LogP contribution >= 0.6 is 15.9 Å². The van der Waals surface area contributed by atoms with E-state index in [1.807, 2.05) is 24.3 Å². The van der Waals surface area contributed by atoms with Gasteiger partial charge in [0.2, 0.25) is 5.91 Å². The maximum absolute atomic E-state index is 11.8. The van der Waals surface area contributed by atoms with E-state index >= 15 is 0 Å². The lowest BCUT2D eigenvalue weighted by Crippen LogP contribution is -2.34. The highest BCUT2D eigenvalue weighted by atomic mass is 79.9. The summed E-state index contributed by atoms with van der Waals surface area (Å²) in [6.45, 7) is 10.0. The van der Waals surface area contributed by atoms with Crippen LogP contribution in [0.1, 0.15) is 27.7 Å². The van der Waals surface area contributed by atoms with E-state index in [9.17, 15) is 4.79 Å². The largest absolute Gasteiger partial charge is 0.325 e. The lowest BCUT2D eigenvalue weighted by Gasteiger charge is -2.27. The Labute approximate surface area is 124 Å². The number of nitrogens with one attached hydrogen (secondary N) is 2. The zero-order valence-corrected chi connectivity index (χ0v) is 13.7. The molecular weight excluding hydrogens is 304 g/mol. The van der Waals surface area contributed by atoms with Crippen molar-refractivity contribution in [2.24, 2.45) is 11.3 Å². The van der Waals surface area contributed by atoms with Crippen LogP contribution in [0, 0.1) is 11.3 Å². The zero-order chi connectivity index (χ0) is 14.5. The number of hydrogen-bond acceptors (Lipinski definition) is 2. The van der Waals surface area contributed by atoms with Crippen molar-refractivity contribution in [3.63, 3.8) is 0 Å². The SMILES string of the molecule is CC(CNCC(=O)Nc1cccc(Br)c1)C(C)(C)C. The van der Waals surface area contributed by atoms with Crippen molar-refractivity contribution < 1.29 is 4.79 Å². The highest BCUT2D eigenvalue weighted by Crippen LogP contribution is 2.24. The van der Waals surface area contributed by atoms with E-state index in [1.165, 1.54) is 0 Å². The molecule has 1 amide bonds. The van der Waals surface area contributed by atoms with E-state index in [4.69, 9.17) is 0 Å². The van der Waals surface area contributed by atoms with Gasteiger partial charge in [-0.3, -0.25) is 4.79 Å². The Bertz CT molecular complexity index is 426. The fraction of sp³-hybridized carbons (Fsp3) is 0.533. The third-order valence-electron chi connectivity index (χ3n) is 3.32. The first-order valence-electron chi connectivity index (χ1n) is 6.55. The second-order valence-electron chi connectivity index (χ2n) is 5.96. The van der Waals surface area contributed by atoms with Crippen molar-refractivity contribution in [3.05, 3.63) is 28.7 Å². The average molecular weight is 327 g/mol. The molecule has 0 heterocycles.